The van der Waals surface area contributed by atoms with Crippen molar-refractivity contribution in [2.75, 3.05) is 13.1 Å². The van der Waals surface area contributed by atoms with Gasteiger partial charge in [-0.1, -0.05) is 51.1 Å². The summed E-state index contributed by atoms with van der Waals surface area (Å²) in [5.41, 5.74) is 5.04. The molecule has 0 spiro atoms. The molecule has 1 aromatic rings. The summed E-state index contributed by atoms with van der Waals surface area (Å²) in [6.07, 6.45) is 3.67. The van der Waals surface area contributed by atoms with E-state index in [1.165, 1.54) is 5.56 Å². The van der Waals surface area contributed by atoms with Crippen LogP contribution in [0.2, 0.25) is 0 Å². The molecule has 0 radical (unpaired) electrons. The molecule has 3 N–H and O–H groups in total. The number of carbonyl (C=O) groups is 2. The molecule has 2 rings (SSSR count). The van der Waals surface area contributed by atoms with Gasteiger partial charge in [0, 0.05) is 24.4 Å². The average Bonchev–Trinajstić information content (AvgIpc) is 2.69. The maximum Gasteiger partial charge on any atom is 0.223 e. The van der Waals surface area contributed by atoms with Crippen LogP contribution in [0.1, 0.15) is 58.4 Å². The number of hydrogen-bond donors (Lipinski definition) is 2. The number of carbonyl (C=O) groups excluding carboxylic acids is 2. The minimum absolute atomic E-state index is 0.182. The second-order valence-corrected chi connectivity index (χ2v) is 8.82. The Kier molecular flexibility index (Phi) is 7.80. The zero-order chi connectivity index (χ0) is 21.5. The van der Waals surface area contributed by atoms with Crippen molar-refractivity contribution in [1.29, 1.82) is 5.26 Å². The maximum absolute atomic E-state index is 12.6. The van der Waals surface area contributed by atoms with Crippen molar-refractivity contribution in [3.8, 4) is 6.07 Å². The highest BCUT2D eigenvalue weighted by Gasteiger charge is 2.41. The molecule has 1 fully saturated rings. The molecular formula is C23H34N4O2. The molecule has 6 nitrogen and oxygen atoms in total. The number of rotatable bonds is 9. The van der Waals surface area contributed by atoms with E-state index < -0.39 is 16.9 Å². The van der Waals surface area contributed by atoms with Crippen LogP contribution in [0.5, 0.6) is 0 Å². The first kappa shape index (κ1) is 22.9. The highest BCUT2D eigenvalue weighted by atomic mass is 16.2. The predicted molar refractivity (Wildman–Crippen MR) is 114 cm³/mol. The number of nitrogens with one attached hydrogen (secondary N) is 1. The van der Waals surface area contributed by atoms with Crippen LogP contribution in [-0.4, -0.2) is 41.4 Å². The lowest BCUT2D eigenvalue weighted by atomic mass is 9.81. The molecule has 0 saturated carbocycles. The number of amides is 2. The van der Waals surface area contributed by atoms with Gasteiger partial charge in [0.1, 0.15) is 5.54 Å². The third-order valence-corrected chi connectivity index (χ3v) is 5.99. The Bertz CT molecular complexity index is 741. The molecule has 2 unspecified atom stereocenters. The SMILES string of the molecule is CCCN1CCC(C#N)(NC(=O)CCC(C)(C)C(N)=O)CC1Cc1ccccc1. The van der Waals surface area contributed by atoms with Crippen LogP contribution in [-0.2, 0) is 16.0 Å². The molecule has 1 heterocycles. The van der Waals surface area contributed by atoms with Gasteiger partial charge in [0.15, 0.2) is 0 Å². The lowest BCUT2D eigenvalue weighted by Crippen LogP contribution is -2.58. The number of piperidine rings is 1. The third kappa shape index (κ3) is 6.30. The molecule has 1 aliphatic rings. The smallest absolute Gasteiger partial charge is 0.223 e. The van der Waals surface area contributed by atoms with Gasteiger partial charge >= 0.3 is 0 Å². The van der Waals surface area contributed by atoms with Gasteiger partial charge in [0.05, 0.1) is 6.07 Å². The first-order valence-electron chi connectivity index (χ1n) is 10.5. The molecule has 0 aromatic heterocycles. The van der Waals surface area contributed by atoms with E-state index in [9.17, 15) is 14.9 Å². The van der Waals surface area contributed by atoms with E-state index in [0.717, 1.165) is 25.9 Å². The highest BCUT2D eigenvalue weighted by molar-refractivity contribution is 5.82. The zero-order valence-corrected chi connectivity index (χ0v) is 17.9. The van der Waals surface area contributed by atoms with Crippen molar-refractivity contribution < 1.29 is 9.59 Å². The number of primary amides is 1. The van der Waals surface area contributed by atoms with Gasteiger partial charge in [-0.05, 0) is 44.2 Å². The standard InChI is InChI=1S/C23H34N4O2/c1-4-13-27-14-12-23(17-24,16-19(27)15-18-8-6-5-7-9-18)26-20(28)10-11-22(2,3)21(25)29/h5-9,19H,4,10-16H2,1-3H3,(H2,25,29)(H,26,28). The molecule has 0 aliphatic carbocycles. The molecule has 29 heavy (non-hydrogen) atoms. The van der Waals surface area contributed by atoms with E-state index in [0.29, 0.717) is 19.3 Å². The Morgan fingerprint density at radius 1 is 1.34 bits per heavy atom. The summed E-state index contributed by atoms with van der Waals surface area (Å²) in [6, 6.07) is 12.9. The number of benzene rings is 1. The van der Waals surface area contributed by atoms with Crippen LogP contribution in [0.4, 0.5) is 0 Å². The monoisotopic (exact) mass is 398 g/mol. The number of nitrogens with zero attached hydrogens (tertiary/aromatic N) is 2. The number of nitriles is 1. The van der Waals surface area contributed by atoms with Gasteiger partial charge in [0.2, 0.25) is 11.8 Å². The van der Waals surface area contributed by atoms with Crippen molar-refractivity contribution in [3.63, 3.8) is 0 Å². The Morgan fingerprint density at radius 3 is 2.62 bits per heavy atom. The molecule has 2 amide bonds. The predicted octanol–water partition coefficient (Wildman–Crippen LogP) is 2.77. The summed E-state index contributed by atoms with van der Waals surface area (Å²) >= 11 is 0. The number of likely N-dealkylation sites (tertiary alicyclic amines) is 1. The summed E-state index contributed by atoms with van der Waals surface area (Å²) in [6.45, 7) is 7.41. The van der Waals surface area contributed by atoms with Gasteiger partial charge < -0.3 is 11.1 Å². The minimum Gasteiger partial charge on any atom is -0.369 e. The van der Waals surface area contributed by atoms with Crippen LogP contribution in [0.25, 0.3) is 0 Å². The second kappa shape index (κ2) is 9.89. The largest absolute Gasteiger partial charge is 0.369 e. The van der Waals surface area contributed by atoms with Crippen LogP contribution in [0.3, 0.4) is 0 Å². The number of nitrogens with two attached hydrogens (primary N) is 1. The lowest BCUT2D eigenvalue weighted by molar-refractivity contribution is -0.127. The summed E-state index contributed by atoms with van der Waals surface area (Å²) in [4.78, 5) is 26.5. The Morgan fingerprint density at radius 2 is 2.03 bits per heavy atom. The average molecular weight is 399 g/mol. The first-order valence-corrected chi connectivity index (χ1v) is 10.5. The summed E-state index contributed by atoms with van der Waals surface area (Å²) in [7, 11) is 0. The molecule has 0 bridgehead atoms. The van der Waals surface area contributed by atoms with Crippen LogP contribution < -0.4 is 11.1 Å². The fourth-order valence-corrected chi connectivity index (χ4v) is 3.94. The van der Waals surface area contributed by atoms with Gasteiger partial charge in [-0.15, -0.1) is 0 Å². The van der Waals surface area contributed by atoms with Crippen molar-refractivity contribution in [2.24, 2.45) is 11.1 Å². The molecule has 1 aromatic carbocycles. The summed E-state index contributed by atoms with van der Waals surface area (Å²) < 4.78 is 0. The van der Waals surface area contributed by atoms with E-state index in [1.54, 1.807) is 13.8 Å². The van der Waals surface area contributed by atoms with E-state index in [2.05, 4.69) is 35.3 Å². The van der Waals surface area contributed by atoms with E-state index in [4.69, 9.17) is 5.73 Å². The van der Waals surface area contributed by atoms with Crippen LogP contribution in [0, 0.1) is 16.7 Å². The second-order valence-electron chi connectivity index (χ2n) is 8.82. The molecular weight excluding hydrogens is 364 g/mol. The molecule has 158 valence electrons. The van der Waals surface area contributed by atoms with Crippen molar-refractivity contribution >= 4 is 11.8 Å². The molecule has 2 atom stereocenters. The molecule has 6 heteroatoms. The van der Waals surface area contributed by atoms with Gasteiger partial charge in [0.25, 0.3) is 0 Å². The maximum atomic E-state index is 12.6. The normalized spacial score (nSPS) is 22.6. The van der Waals surface area contributed by atoms with Crippen LogP contribution in [0.15, 0.2) is 30.3 Å². The quantitative estimate of drug-likeness (QED) is 0.668. The molecule has 1 saturated heterocycles. The number of hydrogen-bond acceptors (Lipinski definition) is 4. The van der Waals surface area contributed by atoms with Gasteiger partial charge in [-0.25, -0.2) is 0 Å². The molecule has 1 aliphatic heterocycles. The van der Waals surface area contributed by atoms with Gasteiger partial charge in [-0.2, -0.15) is 5.26 Å². The van der Waals surface area contributed by atoms with E-state index >= 15 is 0 Å². The minimum atomic E-state index is -0.863. The van der Waals surface area contributed by atoms with E-state index in [1.807, 2.05) is 18.2 Å². The highest BCUT2D eigenvalue weighted by Crippen LogP contribution is 2.30. The van der Waals surface area contributed by atoms with Crippen molar-refractivity contribution in [2.45, 2.75) is 70.9 Å². The van der Waals surface area contributed by atoms with Crippen molar-refractivity contribution in [1.82, 2.24) is 10.2 Å². The third-order valence-electron chi connectivity index (χ3n) is 5.99. The van der Waals surface area contributed by atoms with Crippen molar-refractivity contribution in [3.05, 3.63) is 35.9 Å². The topological polar surface area (TPSA) is 99.2 Å². The Hall–Kier alpha value is -2.39. The Labute approximate surface area is 174 Å². The zero-order valence-electron chi connectivity index (χ0n) is 17.9. The lowest BCUT2D eigenvalue weighted by Gasteiger charge is -2.44. The fourth-order valence-electron chi connectivity index (χ4n) is 3.94. The van der Waals surface area contributed by atoms with Crippen LogP contribution >= 0.6 is 0 Å². The first-order chi connectivity index (χ1) is 13.7. The van der Waals surface area contributed by atoms with Gasteiger partial charge in [-0.3, -0.25) is 14.5 Å². The summed E-state index contributed by atoms with van der Waals surface area (Å²) in [5.74, 6) is -0.612. The Balaban J connectivity index is 2.07. The van der Waals surface area contributed by atoms with E-state index in [-0.39, 0.29) is 18.4 Å². The fraction of sp³-hybridized carbons (Fsp3) is 0.609. The summed E-state index contributed by atoms with van der Waals surface area (Å²) in [5, 5.41) is 12.9.